The van der Waals surface area contributed by atoms with Gasteiger partial charge in [-0.05, 0) is 31.9 Å². The van der Waals surface area contributed by atoms with Crippen LogP contribution in [-0.4, -0.2) is 38.8 Å². The molecule has 0 aliphatic carbocycles. The first-order chi connectivity index (χ1) is 10.5. The van der Waals surface area contributed by atoms with E-state index in [4.69, 9.17) is 9.73 Å². The van der Waals surface area contributed by atoms with Crippen LogP contribution < -0.4 is 10.6 Å². The summed E-state index contributed by atoms with van der Waals surface area (Å²) in [5, 5.41) is 6.59. The molecule has 0 saturated carbocycles. The zero-order valence-corrected chi connectivity index (χ0v) is 14.7. The quantitative estimate of drug-likeness (QED) is 0.441. The van der Waals surface area contributed by atoms with E-state index in [9.17, 15) is 0 Å². The summed E-state index contributed by atoms with van der Waals surface area (Å²) < 4.78 is 5.35. The number of aliphatic imine (C=N–C) groups is 1. The lowest BCUT2D eigenvalue weighted by molar-refractivity contribution is 0.152. The van der Waals surface area contributed by atoms with Gasteiger partial charge in [0.25, 0.3) is 0 Å². The molecule has 0 aliphatic rings. The zero-order chi connectivity index (χ0) is 16.4. The van der Waals surface area contributed by atoms with Gasteiger partial charge < -0.3 is 15.4 Å². The number of hydrogen-bond acceptors (Lipinski definition) is 2. The number of benzene rings is 1. The summed E-state index contributed by atoms with van der Waals surface area (Å²) in [6, 6.07) is 8.53. The average Bonchev–Trinajstić information content (AvgIpc) is 2.49. The second kappa shape index (κ2) is 9.46. The molecule has 0 fully saturated rings. The number of ether oxygens (including phenoxy) is 1. The predicted molar refractivity (Wildman–Crippen MR) is 94.7 cm³/mol. The number of hydrogen-bond donors (Lipinski definition) is 2. The molecule has 0 spiro atoms. The molecule has 0 bridgehead atoms. The van der Waals surface area contributed by atoms with Crippen molar-refractivity contribution in [1.29, 1.82) is 0 Å². The van der Waals surface area contributed by atoms with Crippen LogP contribution in [0.4, 0.5) is 0 Å². The third-order valence-electron chi connectivity index (χ3n) is 3.59. The highest BCUT2D eigenvalue weighted by Crippen LogP contribution is 2.26. The molecule has 0 amide bonds. The van der Waals surface area contributed by atoms with Crippen LogP contribution in [0.1, 0.15) is 38.8 Å². The summed E-state index contributed by atoms with van der Waals surface area (Å²) in [5.74, 6) is 0.851. The minimum absolute atomic E-state index is 0.00755. The van der Waals surface area contributed by atoms with Crippen LogP contribution in [0.2, 0.25) is 0 Å². The molecule has 0 aromatic heterocycles. The molecular formula is C18H31N3O. The van der Waals surface area contributed by atoms with Crippen LogP contribution >= 0.6 is 0 Å². The van der Waals surface area contributed by atoms with Gasteiger partial charge in [0.15, 0.2) is 5.96 Å². The number of guanidine groups is 1. The molecule has 0 radical (unpaired) electrons. The maximum Gasteiger partial charge on any atom is 0.191 e. The summed E-state index contributed by atoms with van der Waals surface area (Å²) in [6.45, 7) is 14.5. The molecule has 0 unspecified atom stereocenters. The normalized spacial score (nSPS) is 12.3. The van der Waals surface area contributed by atoms with Crippen LogP contribution in [0, 0.1) is 6.92 Å². The van der Waals surface area contributed by atoms with E-state index in [1.54, 1.807) is 0 Å². The van der Waals surface area contributed by atoms with Crippen LogP contribution in [0.25, 0.3) is 0 Å². The van der Waals surface area contributed by atoms with Gasteiger partial charge in [0.2, 0.25) is 0 Å². The lowest BCUT2D eigenvalue weighted by atomic mass is 9.82. The van der Waals surface area contributed by atoms with Gasteiger partial charge in [0.05, 0.1) is 13.2 Å². The summed E-state index contributed by atoms with van der Waals surface area (Å²) in [6.07, 6.45) is 0. The second-order valence-electron chi connectivity index (χ2n) is 6.02. The summed E-state index contributed by atoms with van der Waals surface area (Å²) in [5.41, 5.74) is 2.68. The minimum Gasteiger partial charge on any atom is -0.380 e. The van der Waals surface area contributed by atoms with E-state index < -0.39 is 0 Å². The van der Waals surface area contributed by atoms with Gasteiger partial charge in [-0.1, -0.05) is 38.1 Å². The molecule has 1 aromatic carbocycles. The predicted octanol–water partition coefficient (Wildman–Crippen LogP) is 2.86. The molecule has 0 saturated heterocycles. The SMILES string of the molecule is CCNC(=NCC(C)(C)c1ccccc1C)NCCOCC. The highest BCUT2D eigenvalue weighted by atomic mass is 16.5. The highest BCUT2D eigenvalue weighted by molar-refractivity contribution is 5.79. The Kier molecular flexibility index (Phi) is 7.96. The summed E-state index contributed by atoms with van der Waals surface area (Å²) in [7, 11) is 0. The van der Waals surface area contributed by atoms with Gasteiger partial charge in [-0.2, -0.15) is 0 Å². The number of nitrogens with one attached hydrogen (secondary N) is 2. The largest absolute Gasteiger partial charge is 0.380 e. The van der Waals surface area contributed by atoms with Crippen molar-refractivity contribution in [2.24, 2.45) is 4.99 Å². The Morgan fingerprint density at radius 1 is 1.18 bits per heavy atom. The van der Waals surface area contributed by atoms with Gasteiger partial charge in [0, 0.05) is 25.1 Å². The van der Waals surface area contributed by atoms with Gasteiger partial charge in [-0.3, -0.25) is 4.99 Å². The van der Waals surface area contributed by atoms with Gasteiger partial charge in [0.1, 0.15) is 0 Å². The molecular weight excluding hydrogens is 274 g/mol. The van der Waals surface area contributed by atoms with E-state index in [1.165, 1.54) is 11.1 Å². The van der Waals surface area contributed by atoms with Crippen LogP contribution in [0.3, 0.4) is 0 Å². The van der Waals surface area contributed by atoms with E-state index in [0.29, 0.717) is 6.61 Å². The van der Waals surface area contributed by atoms with E-state index in [2.05, 4.69) is 62.6 Å². The van der Waals surface area contributed by atoms with E-state index in [0.717, 1.165) is 32.2 Å². The first kappa shape index (κ1) is 18.5. The fourth-order valence-electron chi connectivity index (χ4n) is 2.42. The van der Waals surface area contributed by atoms with E-state index in [-0.39, 0.29) is 5.41 Å². The lowest BCUT2D eigenvalue weighted by Crippen LogP contribution is -2.40. The van der Waals surface area contributed by atoms with Crippen LogP contribution in [0.5, 0.6) is 0 Å². The van der Waals surface area contributed by atoms with Crippen molar-refractivity contribution in [3.8, 4) is 0 Å². The van der Waals surface area contributed by atoms with E-state index >= 15 is 0 Å². The fourth-order valence-corrected chi connectivity index (χ4v) is 2.42. The van der Waals surface area contributed by atoms with Crippen molar-refractivity contribution in [3.05, 3.63) is 35.4 Å². The van der Waals surface area contributed by atoms with Crippen molar-refractivity contribution in [1.82, 2.24) is 10.6 Å². The first-order valence-electron chi connectivity index (χ1n) is 8.17. The van der Waals surface area contributed by atoms with Crippen molar-refractivity contribution < 1.29 is 4.74 Å². The van der Waals surface area contributed by atoms with E-state index in [1.807, 2.05) is 6.92 Å². The van der Waals surface area contributed by atoms with Crippen molar-refractivity contribution in [2.45, 2.75) is 40.0 Å². The van der Waals surface area contributed by atoms with Crippen molar-refractivity contribution in [2.75, 3.05) is 32.8 Å². The molecule has 1 aromatic rings. The average molecular weight is 305 g/mol. The van der Waals surface area contributed by atoms with Crippen LogP contribution in [0.15, 0.2) is 29.3 Å². The maximum absolute atomic E-state index is 5.35. The second-order valence-corrected chi connectivity index (χ2v) is 6.02. The maximum atomic E-state index is 5.35. The molecule has 0 heterocycles. The lowest BCUT2D eigenvalue weighted by Gasteiger charge is -2.25. The molecule has 22 heavy (non-hydrogen) atoms. The molecule has 1 rings (SSSR count). The van der Waals surface area contributed by atoms with Crippen molar-refractivity contribution >= 4 is 5.96 Å². The van der Waals surface area contributed by atoms with Gasteiger partial charge in [-0.25, -0.2) is 0 Å². The molecule has 0 aliphatic heterocycles. The molecule has 4 heteroatoms. The Morgan fingerprint density at radius 3 is 2.55 bits per heavy atom. The first-order valence-corrected chi connectivity index (χ1v) is 8.17. The third-order valence-corrected chi connectivity index (χ3v) is 3.59. The Balaban J connectivity index is 2.69. The fraction of sp³-hybridized carbons (Fsp3) is 0.611. The highest BCUT2D eigenvalue weighted by Gasteiger charge is 2.22. The molecule has 2 N–H and O–H groups in total. The molecule has 4 nitrogen and oxygen atoms in total. The summed E-state index contributed by atoms with van der Waals surface area (Å²) in [4.78, 5) is 4.74. The Labute approximate surface area is 135 Å². The number of nitrogens with zero attached hydrogens (tertiary/aromatic N) is 1. The monoisotopic (exact) mass is 305 g/mol. The smallest absolute Gasteiger partial charge is 0.191 e. The van der Waals surface area contributed by atoms with Gasteiger partial charge >= 0.3 is 0 Å². The Hall–Kier alpha value is -1.55. The van der Waals surface area contributed by atoms with Crippen LogP contribution in [-0.2, 0) is 10.2 Å². The Morgan fingerprint density at radius 2 is 1.91 bits per heavy atom. The number of rotatable bonds is 8. The molecule has 124 valence electrons. The standard InChI is InChI=1S/C18H31N3O/c1-6-19-17(20-12-13-22-7-2)21-14-18(4,5)16-11-9-8-10-15(16)3/h8-11H,6-7,12-14H2,1-5H3,(H2,19,20,21). The zero-order valence-electron chi connectivity index (χ0n) is 14.7. The minimum atomic E-state index is 0.00755. The van der Waals surface area contributed by atoms with Gasteiger partial charge in [-0.15, -0.1) is 0 Å². The number of aryl methyl sites for hydroxylation is 1. The summed E-state index contributed by atoms with van der Waals surface area (Å²) >= 11 is 0. The Bertz CT molecular complexity index is 469. The molecule has 0 atom stereocenters. The third kappa shape index (κ3) is 6.06. The van der Waals surface area contributed by atoms with Crippen molar-refractivity contribution in [3.63, 3.8) is 0 Å². The topological polar surface area (TPSA) is 45.7 Å².